The van der Waals surface area contributed by atoms with Gasteiger partial charge >= 0.3 is 0 Å². The van der Waals surface area contributed by atoms with Gasteiger partial charge in [-0.25, -0.2) is 4.68 Å². The Labute approximate surface area is 185 Å². The Morgan fingerprint density at radius 2 is 1.75 bits per heavy atom. The Bertz CT molecular complexity index is 1350. The van der Waals surface area contributed by atoms with Crippen molar-refractivity contribution in [3.05, 3.63) is 88.9 Å². The van der Waals surface area contributed by atoms with Crippen LogP contribution in [0.3, 0.4) is 0 Å². The van der Waals surface area contributed by atoms with Crippen molar-refractivity contribution in [2.75, 3.05) is 11.1 Å². The molecule has 0 unspecified atom stereocenters. The fourth-order valence-electron chi connectivity index (χ4n) is 3.51. The van der Waals surface area contributed by atoms with Gasteiger partial charge in [0.1, 0.15) is 12.3 Å². The van der Waals surface area contributed by atoms with Gasteiger partial charge in [-0.15, -0.1) is 5.10 Å². The van der Waals surface area contributed by atoms with Crippen LogP contribution in [0.15, 0.2) is 70.4 Å². The highest BCUT2D eigenvalue weighted by atomic mass is 32.2. The number of tetrazole rings is 1. The van der Waals surface area contributed by atoms with E-state index in [9.17, 15) is 14.4 Å². The van der Waals surface area contributed by atoms with Crippen LogP contribution in [0, 0.1) is 0 Å². The van der Waals surface area contributed by atoms with E-state index < -0.39 is 0 Å². The van der Waals surface area contributed by atoms with Crippen LogP contribution in [0.5, 0.6) is 0 Å². The second-order valence-electron chi connectivity index (χ2n) is 6.97. The lowest BCUT2D eigenvalue weighted by atomic mass is 9.83. The Morgan fingerprint density at radius 1 is 0.969 bits per heavy atom. The lowest BCUT2D eigenvalue weighted by Gasteiger charge is -2.20. The van der Waals surface area contributed by atoms with E-state index in [1.807, 2.05) is 0 Å². The van der Waals surface area contributed by atoms with Crippen LogP contribution in [0.4, 0.5) is 5.69 Å². The number of ketones is 2. The number of thioether (sulfide) groups is 1. The number of furan rings is 1. The molecule has 0 aliphatic heterocycles. The van der Waals surface area contributed by atoms with Gasteiger partial charge in [-0.3, -0.25) is 14.4 Å². The first-order valence-electron chi connectivity index (χ1n) is 9.64. The third kappa shape index (κ3) is 3.60. The Kier molecular flexibility index (Phi) is 5.12. The number of carbonyl (C=O) groups excluding carboxylic acids is 3. The van der Waals surface area contributed by atoms with Crippen molar-refractivity contribution in [1.29, 1.82) is 0 Å². The van der Waals surface area contributed by atoms with Gasteiger partial charge in [0.2, 0.25) is 11.1 Å². The summed E-state index contributed by atoms with van der Waals surface area (Å²) in [5.74, 6) is -0.182. The molecule has 0 bridgehead atoms. The van der Waals surface area contributed by atoms with Crippen LogP contribution in [-0.2, 0) is 11.3 Å². The van der Waals surface area contributed by atoms with Crippen molar-refractivity contribution in [3.8, 4) is 0 Å². The van der Waals surface area contributed by atoms with Gasteiger partial charge in [0.05, 0.1) is 23.3 Å². The van der Waals surface area contributed by atoms with Crippen molar-refractivity contribution in [2.45, 2.75) is 11.7 Å². The number of aromatic nitrogens is 4. The zero-order valence-corrected chi connectivity index (χ0v) is 17.3. The largest absolute Gasteiger partial charge is 0.467 e. The number of anilines is 1. The standard InChI is InChI=1S/C22H15N5O4S/c28-18(12-32-22-24-25-26-27(22)11-13-5-4-10-31-13)23-17-9-3-8-16-19(17)21(30)15-7-2-1-6-14(15)20(16)29/h1-10H,11-12H2,(H,23,28). The Hall–Kier alpha value is -4.05. The maximum atomic E-state index is 13.0. The number of nitrogens with zero attached hydrogens (tertiary/aromatic N) is 4. The van der Waals surface area contributed by atoms with E-state index in [0.717, 1.165) is 11.8 Å². The fraction of sp³-hybridized carbons (Fsp3) is 0.0909. The van der Waals surface area contributed by atoms with Crippen molar-refractivity contribution in [3.63, 3.8) is 0 Å². The van der Waals surface area contributed by atoms with Crippen LogP contribution < -0.4 is 5.32 Å². The van der Waals surface area contributed by atoms with Crippen molar-refractivity contribution in [2.24, 2.45) is 0 Å². The molecule has 9 nitrogen and oxygen atoms in total. The van der Waals surface area contributed by atoms with E-state index in [1.165, 1.54) is 4.68 Å². The average molecular weight is 445 g/mol. The molecule has 0 saturated heterocycles. The normalized spacial score (nSPS) is 12.4. The first-order valence-corrected chi connectivity index (χ1v) is 10.6. The van der Waals surface area contributed by atoms with E-state index in [2.05, 4.69) is 20.8 Å². The summed E-state index contributed by atoms with van der Waals surface area (Å²) in [6.07, 6.45) is 1.56. The second-order valence-corrected chi connectivity index (χ2v) is 7.91. The molecule has 158 valence electrons. The highest BCUT2D eigenvalue weighted by molar-refractivity contribution is 7.99. The number of rotatable bonds is 6. The number of carbonyl (C=O) groups is 3. The summed E-state index contributed by atoms with van der Waals surface area (Å²) < 4.78 is 6.83. The number of nitrogens with one attached hydrogen (secondary N) is 1. The molecule has 2 heterocycles. The molecule has 1 amide bonds. The first kappa shape index (κ1) is 19.9. The molecule has 1 aliphatic carbocycles. The number of hydrogen-bond acceptors (Lipinski definition) is 8. The zero-order chi connectivity index (χ0) is 22.1. The monoisotopic (exact) mass is 445 g/mol. The smallest absolute Gasteiger partial charge is 0.234 e. The Balaban J connectivity index is 1.32. The van der Waals surface area contributed by atoms with E-state index >= 15 is 0 Å². The van der Waals surface area contributed by atoms with E-state index in [-0.39, 0.29) is 34.4 Å². The van der Waals surface area contributed by atoms with Crippen LogP contribution in [0.2, 0.25) is 0 Å². The van der Waals surface area contributed by atoms with Gasteiger partial charge in [-0.1, -0.05) is 48.2 Å². The molecule has 0 spiro atoms. The number of hydrogen-bond donors (Lipinski definition) is 1. The topological polar surface area (TPSA) is 120 Å². The van der Waals surface area contributed by atoms with Gasteiger partial charge in [0.25, 0.3) is 0 Å². The quantitative estimate of drug-likeness (QED) is 0.396. The number of amides is 1. The molecule has 4 aromatic rings. The summed E-state index contributed by atoms with van der Waals surface area (Å²) in [6.45, 7) is 0.339. The van der Waals surface area contributed by atoms with Crippen molar-refractivity contribution in [1.82, 2.24) is 20.2 Å². The fourth-order valence-corrected chi connectivity index (χ4v) is 4.19. The highest BCUT2D eigenvalue weighted by Crippen LogP contribution is 2.32. The van der Waals surface area contributed by atoms with Crippen LogP contribution in [0.25, 0.3) is 0 Å². The SMILES string of the molecule is O=C(CSc1nnnn1Cc1ccco1)Nc1cccc2c1C(=O)c1ccccc1C2=O. The summed E-state index contributed by atoms with van der Waals surface area (Å²) in [7, 11) is 0. The molecule has 10 heteroatoms. The molecule has 0 fully saturated rings. The Morgan fingerprint density at radius 3 is 2.53 bits per heavy atom. The lowest BCUT2D eigenvalue weighted by molar-refractivity contribution is -0.113. The minimum absolute atomic E-state index is 0.0148. The second kappa shape index (κ2) is 8.23. The molecule has 0 saturated carbocycles. The number of benzene rings is 2. The molecular formula is C22H15N5O4S. The predicted octanol–water partition coefficient (Wildman–Crippen LogP) is 2.82. The van der Waals surface area contributed by atoms with Gasteiger partial charge in [0, 0.05) is 16.7 Å². The number of fused-ring (bicyclic) bond motifs is 2. The third-order valence-corrected chi connectivity index (χ3v) is 5.90. The highest BCUT2D eigenvalue weighted by Gasteiger charge is 2.31. The van der Waals surface area contributed by atoms with Gasteiger partial charge in [-0.2, -0.15) is 0 Å². The molecule has 0 radical (unpaired) electrons. The van der Waals surface area contributed by atoms with Crippen LogP contribution in [-0.4, -0.2) is 43.4 Å². The minimum atomic E-state index is -0.352. The molecule has 2 aromatic carbocycles. The summed E-state index contributed by atoms with van der Waals surface area (Å²) in [4.78, 5) is 38.5. The molecule has 1 aliphatic rings. The van der Waals surface area contributed by atoms with Crippen LogP contribution >= 0.6 is 11.8 Å². The minimum Gasteiger partial charge on any atom is -0.467 e. The maximum Gasteiger partial charge on any atom is 0.234 e. The predicted molar refractivity (Wildman–Crippen MR) is 115 cm³/mol. The average Bonchev–Trinajstić information content (AvgIpc) is 3.48. The van der Waals surface area contributed by atoms with Crippen molar-refractivity contribution >= 4 is 34.9 Å². The summed E-state index contributed by atoms with van der Waals surface area (Å²) in [6, 6.07) is 15.1. The van der Waals surface area contributed by atoms with Crippen LogP contribution in [0.1, 0.15) is 37.6 Å². The summed E-state index contributed by atoms with van der Waals surface area (Å²) in [5.41, 5.74) is 1.49. The van der Waals surface area contributed by atoms with Gasteiger partial charge in [0.15, 0.2) is 11.6 Å². The van der Waals surface area contributed by atoms with Gasteiger partial charge < -0.3 is 9.73 Å². The van der Waals surface area contributed by atoms with E-state index in [1.54, 1.807) is 60.9 Å². The molecule has 32 heavy (non-hydrogen) atoms. The lowest BCUT2D eigenvalue weighted by Crippen LogP contribution is -2.24. The maximum absolute atomic E-state index is 13.0. The molecule has 1 N–H and O–H groups in total. The van der Waals surface area contributed by atoms with Gasteiger partial charge in [-0.05, 0) is 28.6 Å². The van der Waals surface area contributed by atoms with E-state index in [0.29, 0.717) is 34.3 Å². The van der Waals surface area contributed by atoms with E-state index in [4.69, 9.17) is 4.42 Å². The molecule has 0 atom stereocenters. The third-order valence-electron chi connectivity index (χ3n) is 4.94. The first-order chi connectivity index (χ1) is 15.6. The summed E-state index contributed by atoms with van der Waals surface area (Å²) >= 11 is 1.15. The molecule has 5 rings (SSSR count). The molecule has 2 aromatic heterocycles. The summed E-state index contributed by atoms with van der Waals surface area (Å²) in [5, 5.41) is 14.7. The molecular weight excluding hydrogens is 430 g/mol. The van der Waals surface area contributed by atoms with Crippen molar-refractivity contribution < 1.29 is 18.8 Å². The zero-order valence-electron chi connectivity index (χ0n) is 16.5.